The van der Waals surface area contributed by atoms with Gasteiger partial charge in [-0.1, -0.05) is 16.8 Å². The molecular weight excluding hydrogens is 278 g/mol. The summed E-state index contributed by atoms with van der Waals surface area (Å²) in [6, 6.07) is 5.42. The molecule has 3 N–H and O–H groups in total. The van der Waals surface area contributed by atoms with E-state index in [2.05, 4.69) is 10.1 Å². The standard InChI is InChI=1S/C14H20ClN3O2/c1-18(9-10-4-6-20-7-5-10)13-3-2-11(15)8-12(13)14(16)17-19/h2-3,8,10,19H,4-7,9H2,1H3,(H2,16,17). The van der Waals surface area contributed by atoms with Gasteiger partial charge >= 0.3 is 0 Å². The van der Waals surface area contributed by atoms with E-state index in [-0.39, 0.29) is 5.84 Å². The molecule has 0 atom stereocenters. The van der Waals surface area contributed by atoms with E-state index in [1.807, 2.05) is 19.2 Å². The Morgan fingerprint density at radius 3 is 2.85 bits per heavy atom. The number of amidine groups is 1. The van der Waals surface area contributed by atoms with Gasteiger partial charge in [-0.2, -0.15) is 0 Å². The van der Waals surface area contributed by atoms with Gasteiger partial charge in [0.2, 0.25) is 0 Å². The normalized spacial score (nSPS) is 17.2. The first-order valence-corrected chi connectivity index (χ1v) is 7.06. The first kappa shape index (κ1) is 14.9. The zero-order valence-corrected chi connectivity index (χ0v) is 12.3. The number of hydrogen-bond donors (Lipinski definition) is 2. The molecule has 6 heteroatoms. The van der Waals surface area contributed by atoms with E-state index in [1.54, 1.807) is 6.07 Å². The van der Waals surface area contributed by atoms with Crippen LogP contribution in [0.4, 0.5) is 5.69 Å². The van der Waals surface area contributed by atoms with E-state index in [1.165, 1.54) is 0 Å². The highest BCUT2D eigenvalue weighted by Crippen LogP contribution is 2.26. The van der Waals surface area contributed by atoms with Crippen molar-refractivity contribution in [3.05, 3.63) is 28.8 Å². The first-order valence-electron chi connectivity index (χ1n) is 6.68. The van der Waals surface area contributed by atoms with Crippen molar-refractivity contribution in [2.75, 3.05) is 31.7 Å². The van der Waals surface area contributed by atoms with Crippen molar-refractivity contribution in [1.82, 2.24) is 0 Å². The van der Waals surface area contributed by atoms with E-state index in [0.717, 1.165) is 38.3 Å². The molecule has 0 unspecified atom stereocenters. The number of oxime groups is 1. The van der Waals surface area contributed by atoms with Gasteiger partial charge in [0.15, 0.2) is 5.84 Å². The van der Waals surface area contributed by atoms with Crippen LogP contribution < -0.4 is 10.6 Å². The van der Waals surface area contributed by atoms with E-state index in [0.29, 0.717) is 16.5 Å². The Labute approximate surface area is 124 Å². The lowest BCUT2D eigenvalue weighted by Crippen LogP contribution is -2.31. The van der Waals surface area contributed by atoms with E-state index in [4.69, 9.17) is 27.3 Å². The molecule has 110 valence electrons. The summed E-state index contributed by atoms with van der Waals surface area (Å²) in [5.41, 5.74) is 7.29. The largest absolute Gasteiger partial charge is 0.409 e. The van der Waals surface area contributed by atoms with Crippen LogP contribution in [0.3, 0.4) is 0 Å². The van der Waals surface area contributed by atoms with Crippen LogP contribution >= 0.6 is 11.6 Å². The maximum absolute atomic E-state index is 8.89. The van der Waals surface area contributed by atoms with Crippen LogP contribution in [-0.2, 0) is 4.74 Å². The average molecular weight is 298 g/mol. The van der Waals surface area contributed by atoms with Crippen LogP contribution in [0, 0.1) is 5.92 Å². The second-order valence-corrected chi connectivity index (χ2v) is 5.52. The van der Waals surface area contributed by atoms with Crippen LogP contribution in [0.25, 0.3) is 0 Å². The Bertz CT molecular complexity index is 487. The lowest BCUT2D eigenvalue weighted by atomic mass is 9.99. The summed E-state index contributed by atoms with van der Waals surface area (Å²) in [4.78, 5) is 2.12. The van der Waals surface area contributed by atoms with E-state index >= 15 is 0 Å². The fourth-order valence-electron chi connectivity index (χ4n) is 2.51. The van der Waals surface area contributed by atoms with Crippen molar-refractivity contribution >= 4 is 23.1 Å². The minimum atomic E-state index is 0.0707. The zero-order valence-electron chi connectivity index (χ0n) is 11.6. The summed E-state index contributed by atoms with van der Waals surface area (Å²) in [7, 11) is 2.01. The molecule has 1 saturated heterocycles. The Kier molecular flexibility index (Phi) is 5.09. The van der Waals surface area contributed by atoms with Gasteiger partial charge < -0.3 is 20.6 Å². The number of rotatable bonds is 4. The molecular formula is C14H20ClN3O2. The predicted molar refractivity (Wildman–Crippen MR) is 80.8 cm³/mol. The Hall–Kier alpha value is -1.46. The van der Waals surface area contributed by atoms with Gasteiger partial charge in [0.1, 0.15) is 0 Å². The molecule has 1 heterocycles. The SMILES string of the molecule is CN(CC1CCOCC1)c1ccc(Cl)cc1C(N)=NO. The highest BCUT2D eigenvalue weighted by atomic mass is 35.5. The van der Waals surface area contributed by atoms with Gasteiger partial charge in [-0.15, -0.1) is 0 Å². The molecule has 0 saturated carbocycles. The monoisotopic (exact) mass is 297 g/mol. The van der Waals surface area contributed by atoms with Crippen LogP contribution in [0.15, 0.2) is 23.4 Å². The molecule has 0 radical (unpaired) electrons. The van der Waals surface area contributed by atoms with Gasteiger partial charge in [-0.25, -0.2) is 0 Å². The molecule has 1 aliphatic heterocycles. The second-order valence-electron chi connectivity index (χ2n) is 5.08. The quantitative estimate of drug-likeness (QED) is 0.387. The van der Waals surface area contributed by atoms with Crippen LogP contribution in [-0.4, -0.2) is 37.8 Å². The highest BCUT2D eigenvalue weighted by Gasteiger charge is 2.18. The van der Waals surface area contributed by atoms with Crippen LogP contribution in [0.2, 0.25) is 5.02 Å². The Balaban J connectivity index is 2.18. The molecule has 0 aromatic heterocycles. The molecule has 0 spiro atoms. The summed E-state index contributed by atoms with van der Waals surface area (Å²) < 4.78 is 5.37. The predicted octanol–water partition coefficient (Wildman–Crippen LogP) is 2.30. The third-order valence-electron chi connectivity index (χ3n) is 3.63. The Morgan fingerprint density at radius 1 is 1.50 bits per heavy atom. The molecule has 1 aliphatic rings. The molecule has 0 amide bonds. The van der Waals surface area contributed by atoms with Gasteiger partial charge in [-0.3, -0.25) is 0 Å². The summed E-state index contributed by atoms with van der Waals surface area (Å²) in [5.74, 6) is 0.672. The van der Waals surface area contributed by atoms with Crippen LogP contribution in [0.1, 0.15) is 18.4 Å². The van der Waals surface area contributed by atoms with Crippen molar-refractivity contribution in [3.63, 3.8) is 0 Å². The highest BCUT2D eigenvalue weighted by molar-refractivity contribution is 6.31. The van der Waals surface area contributed by atoms with Gasteiger partial charge in [-0.05, 0) is 37.0 Å². The topological polar surface area (TPSA) is 71.1 Å². The van der Waals surface area contributed by atoms with E-state index < -0.39 is 0 Å². The molecule has 1 fully saturated rings. The molecule has 1 aromatic rings. The molecule has 1 aromatic carbocycles. The average Bonchev–Trinajstić information content (AvgIpc) is 2.47. The summed E-state index contributed by atoms with van der Waals surface area (Å²) >= 11 is 5.99. The van der Waals surface area contributed by atoms with Crippen molar-refractivity contribution in [2.45, 2.75) is 12.8 Å². The number of nitrogens with zero attached hydrogens (tertiary/aromatic N) is 2. The molecule has 0 bridgehead atoms. The number of halogens is 1. The number of anilines is 1. The smallest absolute Gasteiger partial charge is 0.172 e. The lowest BCUT2D eigenvalue weighted by molar-refractivity contribution is 0.0685. The maximum atomic E-state index is 8.89. The van der Waals surface area contributed by atoms with Crippen molar-refractivity contribution in [3.8, 4) is 0 Å². The van der Waals surface area contributed by atoms with Gasteiger partial charge in [0.25, 0.3) is 0 Å². The van der Waals surface area contributed by atoms with E-state index in [9.17, 15) is 0 Å². The minimum Gasteiger partial charge on any atom is -0.409 e. The summed E-state index contributed by atoms with van der Waals surface area (Å²) in [5, 5.41) is 12.5. The van der Waals surface area contributed by atoms with Gasteiger partial charge in [0, 0.05) is 43.1 Å². The number of hydrogen-bond acceptors (Lipinski definition) is 4. The first-order chi connectivity index (χ1) is 9.61. The molecule has 2 rings (SSSR count). The van der Waals surface area contributed by atoms with Crippen molar-refractivity contribution in [1.29, 1.82) is 0 Å². The van der Waals surface area contributed by atoms with Crippen molar-refractivity contribution < 1.29 is 9.94 Å². The number of ether oxygens (including phenoxy) is 1. The number of benzene rings is 1. The lowest BCUT2D eigenvalue weighted by Gasteiger charge is -2.29. The van der Waals surface area contributed by atoms with Gasteiger partial charge in [0.05, 0.1) is 0 Å². The molecule has 5 nitrogen and oxygen atoms in total. The molecule has 0 aliphatic carbocycles. The summed E-state index contributed by atoms with van der Waals surface area (Å²) in [6.45, 7) is 2.56. The van der Waals surface area contributed by atoms with Crippen LogP contribution in [0.5, 0.6) is 0 Å². The number of nitrogens with two attached hydrogens (primary N) is 1. The molecule has 20 heavy (non-hydrogen) atoms. The third kappa shape index (κ3) is 3.55. The second kappa shape index (κ2) is 6.81. The minimum absolute atomic E-state index is 0.0707. The third-order valence-corrected chi connectivity index (χ3v) is 3.86. The zero-order chi connectivity index (χ0) is 14.5. The maximum Gasteiger partial charge on any atom is 0.172 e. The fourth-order valence-corrected chi connectivity index (χ4v) is 2.69. The fraction of sp³-hybridized carbons (Fsp3) is 0.500. The Morgan fingerprint density at radius 2 is 2.20 bits per heavy atom. The summed E-state index contributed by atoms with van der Waals surface area (Å²) in [6.07, 6.45) is 2.13. The van der Waals surface area contributed by atoms with Crippen molar-refractivity contribution in [2.24, 2.45) is 16.8 Å².